The van der Waals surface area contributed by atoms with Crippen LogP contribution in [0.2, 0.25) is 0 Å². The standard InChI is InChI=1S/C13H15N3O5/c1-8(17)14-9-5-6-15(7-9)11-4-2-3-10(13(18)19)12(11)16(20)21/h2-4,9H,5-7H2,1H3,(H,14,17)(H,18,19). The van der Waals surface area contributed by atoms with Crippen LogP contribution >= 0.6 is 0 Å². The highest BCUT2D eigenvalue weighted by Crippen LogP contribution is 2.33. The molecule has 1 aliphatic heterocycles. The second-order valence-electron chi connectivity index (χ2n) is 4.87. The molecule has 1 atom stereocenters. The van der Waals surface area contributed by atoms with Gasteiger partial charge in [0.05, 0.1) is 4.92 Å². The van der Waals surface area contributed by atoms with Crippen LogP contribution in [0.15, 0.2) is 18.2 Å². The van der Waals surface area contributed by atoms with Crippen molar-refractivity contribution < 1.29 is 19.6 Å². The van der Waals surface area contributed by atoms with Crippen molar-refractivity contribution in [1.82, 2.24) is 5.32 Å². The fourth-order valence-corrected chi connectivity index (χ4v) is 2.54. The van der Waals surface area contributed by atoms with E-state index in [4.69, 9.17) is 5.11 Å². The second kappa shape index (κ2) is 5.78. The molecule has 1 saturated heterocycles. The first-order chi connectivity index (χ1) is 9.90. The summed E-state index contributed by atoms with van der Waals surface area (Å²) in [6, 6.07) is 4.14. The number of nitrogens with one attached hydrogen (secondary N) is 1. The number of para-hydroxylation sites is 1. The molecule has 0 aliphatic carbocycles. The number of nitrogens with zero attached hydrogens (tertiary/aromatic N) is 2. The molecule has 8 heteroatoms. The van der Waals surface area contributed by atoms with Crippen LogP contribution in [0, 0.1) is 10.1 Å². The van der Waals surface area contributed by atoms with Crippen molar-refractivity contribution in [2.75, 3.05) is 18.0 Å². The van der Waals surface area contributed by atoms with Gasteiger partial charge >= 0.3 is 11.7 Å². The number of amides is 1. The normalized spacial score (nSPS) is 17.6. The average Bonchev–Trinajstić information content (AvgIpc) is 2.85. The molecule has 0 radical (unpaired) electrons. The maximum absolute atomic E-state index is 11.2. The Morgan fingerprint density at radius 3 is 2.76 bits per heavy atom. The fraction of sp³-hybridized carbons (Fsp3) is 0.385. The van der Waals surface area contributed by atoms with Crippen LogP contribution in [0.5, 0.6) is 0 Å². The second-order valence-corrected chi connectivity index (χ2v) is 4.87. The Morgan fingerprint density at radius 2 is 2.19 bits per heavy atom. The van der Waals surface area contributed by atoms with Crippen molar-refractivity contribution in [3.8, 4) is 0 Å². The van der Waals surface area contributed by atoms with E-state index in [9.17, 15) is 19.7 Å². The number of carbonyl (C=O) groups is 2. The topological polar surface area (TPSA) is 113 Å². The Hall–Kier alpha value is -2.64. The minimum absolute atomic E-state index is 0.0874. The van der Waals surface area contributed by atoms with Crippen molar-refractivity contribution >= 4 is 23.3 Å². The SMILES string of the molecule is CC(=O)NC1CCN(c2cccc(C(=O)O)c2[N+](=O)[O-])C1. The number of anilines is 1. The molecule has 0 saturated carbocycles. The monoisotopic (exact) mass is 293 g/mol. The summed E-state index contributed by atoms with van der Waals surface area (Å²) < 4.78 is 0. The van der Waals surface area contributed by atoms with Gasteiger partial charge in [0.1, 0.15) is 11.3 Å². The Labute approximate surface area is 120 Å². The van der Waals surface area contributed by atoms with Crippen LogP contribution in [0.1, 0.15) is 23.7 Å². The van der Waals surface area contributed by atoms with Gasteiger partial charge in [0, 0.05) is 26.1 Å². The summed E-state index contributed by atoms with van der Waals surface area (Å²) in [5.74, 6) is -1.49. The van der Waals surface area contributed by atoms with Gasteiger partial charge in [-0.15, -0.1) is 0 Å². The lowest BCUT2D eigenvalue weighted by atomic mass is 10.1. The zero-order valence-electron chi connectivity index (χ0n) is 11.4. The molecule has 0 bridgehead atoms. The molecule has 1 amide bonds. The molecule has 1 aliphatic rings. The van der Waals surface area contributed by atoms with Gasteiger partial charge in [0.15, 0.2) is 0 Å². The quantitative estimate of drug-likeness (QED) is 0.632. The Bertz CT molecular complexity index is 601. The molecule has 1 heterocycles. The molecule has 8 nitrogen and oxygen atoms in total. The van der Waals surface area contributed by atoms with E-state index >= 15 is 0 Å². The largest absolute Gasteiger partial charge is 0.477 e. The van der Waals surface area contributed by atoms with Crippen molar-refractivity contribution in [2.45, 2.75) is 19.4 Å². The van der Waals surface area contributed by atoms with Gasteiger partial charge in [-0.25, -0.2) is 4.79 Å². The molecule has 1 fully saturated rings. The van der Waals surface area contributed by atoms with Crippen LogP contribution in [-0.4, -0.2) is 41.0 Å². The number of carboxylic acids is 1. The maximum Gasteiger partial charge on any atom is 0.342 e. The third kappa shape index (κ3) is 3.10. The van der Waals surface area contributed by atoms with E-state index in [1.54, 1.807) is 4.90 Å². The lowest BCUT2D eigenvalue weighted by Gasteiger charge is -2.19. The molecular weight excluding hydrogens is 278 g/mol. The van der Waals surface area contributed by atoms with Crippen molar-refractivity contribution in [3.05, 3.63) is 33.9 Å². The molecule has 0 aromatic heterocycles. The van der Waals surface area contributed by atoms with Gasteiger partial charge in [0.2, 0.25) is 5.91 Å². The van der Waals surface area contributed by atoms with E-state index in [1.807, 2.05) is 0 Å². The van der Waals surface area contributed by atoms with Crippen molar-refractivity contribution in [2.24, 2.45) is 0 Å². The van der Waals surface area contributed by atoms with E-state index in [0.717, 1.165) is 0 Å². The maximum atomic E-state index is 11.2. The van der Waals surface area contributed by atoms with Crippen LogP contribution in [0.4, 0.5) is 11.4 Å². The van der Waals surface area contributed by atoms with Gasteiger partial charge in [-0.2, -0.15) is 0 Å². The number of carbonyl (C=O) groups excluding carboxylic acids is 1. The summed E-state index contributed by atoms with van der Waals surface area (Å²) in [5, 5.41) is 23.0. The minimum atomic E-state index is -1.33. The van der Waals surface area contributed by atoms with Crippen molar-refractivity contribution in [3.63, 3.8) is 0 Å². The van der Waals surface area contributed by atoms with Gasteiger partial charge in [-0.05, 0) is 18.6 Å². The number of nitro benzene ring substituents is 1. The summed E-state index contributed by atoms with van der Waals surface area (Å²) in [5.41, 5.74) is -0.471. The first-order valence-electron chi connectivity index (χ1n) is 6.43. The first kappa shape index (κ1) is 14.8. The van der Waals surface area contributed by atoms with Gasteiger partial charge in [-0.1, -0.05) is 6.07 Å². The summed E-state index contributed by atoms with van der Waals surface area (Å²) in [6.45, 7) is 2.36. The predicted molar refractivity (Wildman–Crippen MR) is 74.5 cm³/mol. The van der Waals surface area contributed by atoms with E-state index in [-0.39, 0.29) is 23.2 Å². The van der Waals surface area contributed by atoms with Gasteiger partial charge in [0.25, 0.3) is 0 Å². The van der Waals surface area contributed by atoms with Crippen LogP contribution in [-0.2, 0) is 4.79 Å². The number of carboxylic acid groups (broad SMARTS) is 1. The molecule has 1 unspecified atom stereocenters. The van der Waals surface area contributed by atoms with E-state index in [0.29, 0.717) is 19.5 Å². The average molecular weight is 293 g/mol. The highest BCUT2D eigenvalue weighted by atomic mass is 16.6. The highest BCUT2D eigenvalue weighted by Gasteiger charge is 2.31. The van der Waals surface area contributed by atoms with E-state index in [1.165, 1.54) is 25.1 Å². The summed E-state index contributed by atoms with van der Waals surface area (Å²) in [4.78, 5) is 34.4. The lowest BCUT2D eigenvalue weighted by molar-refractivity contribution is -0.384. The number of aromatic carboxylic acids is 1. The molecule has 1 aromatic carbocycles. The smallest absolute Gasteiger partial charge is 0.342 e. The fourth-order valence-electron chi connectivity index (χ4n) is 2.54. The van der Waals surface area contributed by atoms with Crippen molar-refractivity contribution in [1.29, 1.82) is 0 Å². The third-order valence-electron chi connectivity index (χ3n) is 3.36. The molecule has 2 N–H and O–H groups in total. The Balaban J connectivity index is 2.32. The van der Waals surface area contributed by atoms with Crippen LogP contribution < -0.4 is 10.2 Å². The molecule has 0 spiro atoms. The molecule has 112 valence electrons. The molecular formula is C13H15N3O5. The van der Waals surface area contributed by atoms with Gasteiger partial charge in [-0.3, -0.25) is 14.9 Å². The number of hydrogen-bond donors (Lipinski definition) is 2. The summed E-state index contributed by atoms with van der Waals surface area (Å²) in [7, 11) is 0. The molecule has 2 rings (SSSR count). The number of rotatable bonds is 4. The number of nitro groups is 1. The van der Waals surface area contributed by atoms with E-state index < -0.39 is 16.6 Å². The zero-order chi connectivity index (χ0) is 15.6. The lowest BCUT2D eigenvalue weighted by Crippen LogP contribution is -2.35. The number of hydrogen-bond acceptors (Lipinski definition) is 5. The summed E-state index contributed by atoms with van der Waals surface area (Å²) >= 11 is 0. The van der Waals surface area contributed by atoms with Gasteiger partial charge < -0.3 is 15.3 Å². The number of benzene rings is 1. The van der Waals surface area contributed by atoms with Crippen LogP contribution in [0.3, 0.4) is 0 Å². The highest BCUT2D eigenvalue weighted by molar-refractivity contribution is 5.95. The summed E-state index contributed by atoms with van der Waals surface area (Å²) in [6.07, 6.45) is 0.661. The molecule has 1 aromatic rings. The first-order valence-corrected chi connectivity index (χ1v) is 6.43. The third-order valence-corrected chi connectivity index (χ3v) is 3.36. The Morgan fingerprint density at radius 1 is 1.48 bits per heavy atom. The molecule has 21 heavy (non-hydrogen) atoms. The Kier molecular flexibility index (Phi) is 4.06. The zero-order valence-corrected chi connectivity index (χ0v) is 11.4. The minimum Gasteiger partial charge on any atom is -0.477 e. The van der Waals surface area contributed by atoms with Crippen LogP contribution in [0.25, 0.3) is 0 Å². The predicted octanol–water partition coefficient (Wildman–Crippen LogP) is 1.01. The van der Waals surface area contributed by atoms with E-state index in [2.05, 4.69) is 5.32 Å².